The van der Waals surface area contributed by atoms with Gasteiger partial charge < -0.3 is 10.6 Å². The van der Waals surface area contributed by atoms with Crippen molar-refractivity contribution in [1.29, 1.82) is 0 Å². The Labute approximate surface area is 187 Å². The van der Waals surface area contributed by atoms with Crippen molar-refractivity contribution in [3.8, 4) is 0 Å². The molecule has 31 heavy (non-hydrogen) atoms. The molecular weight excluding hydrogens is 416 g/mol. The summed E-state index contributed by atoms with van der Waals surface area (Å²) < 4.78 is 1.36. The van der Waals surface area contributed by atoms with Crippen LogP contribution in [-0.2, 0) is 11.3 Å². The summed E-state index contributed by atoms with van der Waals surface area (Å²) in [5, 5.41) is 0.644. The van der Waals surface area contributed by atoms with Crippen molar-refractivity contribution >= 4 is 29.0 Å². The molecule has 0 spiro atoms. The van der Waals surface area contributed by atoms with Gasteiger partial charge in [-0.25, -0.2) is 4.79 Å². The first-order chi connectivity index (χ1) is 14.9. The van der Waals surface area contributed by atoms with Crippen molar-refractivity contribution in [1.82, 2.24) is 9.55 Å². The lowest BCUT2D eigenvalue weighted by molar-refractivity contribution is -0.119. The van der Waals surface area contributed by atoms with Gasteiger partial charge in [0.15, 0.2) is 5.69 Å². The molecular formula is C23H31ClN4O3. The summed E-state index contributed by atoms with van der Waals surface area (Å²) in [6.07, 6.45) is 4.96. The number of nitrogen functional groups attached to an aromatic ring is 1. The zero-order chi connectivity index (χ0) is 22.5. The predicted octanol–water partition coefficient (Wildman–Crippen LogP) is 3.90. The van der Waals surface area contributed by atoms with Gasteiger partial charge in [-0.2, -0.15) is 0 Å². The highest BCUT2D eigenvalue weighted by molar-refractivity contribution is 6.31. The zero-order valence-electron chi connectivity index (χ0n) is 18.2. The highest BCUT2D eigenvalue weighted by atomic mass is 35.5. The Morgan fingerprint density at radius 1 is 1.19 bits per heavy atom. The van der Waals surface area contributed by atoms with Crippen molar-refractivity contribution in [2.24, 2.45) is 5.92 Å². The molecule has 0 bridgehead atoms. The minimum atomic E-state index is -0.616. The molecule has 2 aromatic rings. The number of carbonyl (C=O) groups is 1. The van der Waals surface area contributed by atoms with Gasteiger partial charge in [-0.15, -0.1) is 0 Å². The SMILES string of the molecule is CCCCCN(C(=O)C1CC1c1ccccc1Cl)c1c(N)n(CCCC)c(=O)[nH]c1=O. The third kappa shape index (κ3) is 5.03. The molecule has 1 heterocycles. The first kappa shape index (κ1) is 23.1. The summed E-state index contributed by atoms with van der Waals surface area (Å²) in [4.78, 5) is 42.4. The van der Waals surface area contributed by atoms with E-state index in [2.05, 4.69) is 11.9 Å². The van der Waals surface area contributed by atoms with Gasteiger partial charge in [0.05, 0.1) is 0 Å². The lowest BCUT2D eigenvalue weighted by Gasteiger charge is -2.25. The topological polar surface area (TPSA) is 101 Å². The standard InChI is InChI=1S/C23H31ClN4O3/c1-3-5-9-13-27(19-20(25)28(12-6-4-2)23(31)26-21(19)29)22(30)17-14-16(17)15-10-7-8-11-18(15)24/h7-8,10-11,16-17H,3-6,9,12-14,25H2,1-2H3,(H,26,29,31). The molecule has 7 nitrogen and oxygen atoms in total. The number of hydrogen-bond donors (Lipinski definition) is 2. The van der Waals surface area contributed by atoms with Gasteiger partial charge >= 0.3 is 5.69 Å². The summed E-state index contributed by atoms with van der Waals surface area (Å²) in [6.45, 7) is 4.87. The second kappa shape index (κ2) is 10.2. The van der Waals surface area contributed by atoms with Crippen LogP contribution in [0.25, 0.3) is 0 Å². The van der Waals surface area contributed by atoms with Gasteiger partial charge in [0.2, 0.25) is 5.91 Å². The average molecular weight is 447 g/mol. The number of halogens is 1. The van der Waals surface area contributed by atoms with E-state index < -0.39 is 11.2 Å². The molecule has 0 radical (unpaired) electrons. The highest BCUT2D eigenvalue weighted by Crippen LogP contribution is 2.50. The molecule has 1 aliphatic rings. The Balaban J connectivity index is 1.95. The first-order valence-electron chi connectivity index (χ1n) is 11.1. The van der Waals surface area contributed by atoms with Crippen molar-refractivity contribution < 1.29 is 4.79 Å². The van der Waals surface area contributed by atoms with Crippen molar-refractivity contribution in [2.45, 2.75) is 64.8 Å². The minimum absolute atomic E-state index is 0.0289. The van der Waals surface area contributed by atoms with E-state index in [9.17, 15) is 14.4 Å². The van der Waals surface area contributed by atoms with Crippen LogP contribution in [0.3, 0.4) is 0 Å². The lowest BCUT2D eigenvalue weighted by Crippen LogP contribution is -2.42. The number of aromatic amines is 1. The second-order valence-corrected chi connectivity index (χ2v) is 8.57. The number of nitrogens with zero attached hydrogens (tertiary/aromatic N) is 2. The molecule has 168 valence electrons. The van der Waals surface area contributed by atoms with Crippen LogP contribution in [0, 0.1) is 5.92 Å². The van der Waals surface area contributed by atoms with Crippen molar-refractivity contribution in [2.75, 3.05) is 17.2 Å². The van der Waals surface area contributed by atoms with Crippen LogP contribution < -0.4 is 21.9 Å². The lowest BCUT2D eigenvalue weighted by atomic mass is 10.1. The Morgan fingerprint density at radius 3 is 2.58 bits per heavy atom. The fourth-order valence-corrected chi connectivity index (χ4v) is 4.29. The summed E-state index contributed by atoms with van der Waals surface area (Å²) in [5.41, 5.74) is 6.17. The molecule has 0 aliphatic heterocycles. The number of unbranched alkanes of at least 4 members (excludes halogenated alkanes) is 3. The fraction of sp³-hybridized carbons (Fsp3) is 0.522. The minimum Gasteiger partial charge on any atom is -0.383 e. The zero-order valence-corrected chi connectivity index (χ0v) is 19.0. The summed E-state index contributed by atoms with van der Waals surface area (Å²) in [5.74, 6) is -0.307. The Bertz CT molecular complexity index is 1050. The molecule has 1 saturated carbocycles. The fourth-order valence-electron chi connectivity index (χ4n) is 4.02. The van der Waals surface area contributed by atoms with E-state index in [0.29, 0.717) is 24.5 Å². The van der Waals surface area contributed by atoms with E-state index in [1.54, 1.807) is 0 Å². The summed E-state index contributed by atoms with van der Waals surface area (Å²) >= 11 is 6.33. The molecule has 1 amide bonds. The monoisotopic (exact) mass is 446 g/mol. The largest absolute Gasteiger partial charge is 0.383 e. The van der Waals surface area contributed by atoms with Crippen LogP contribution in [0.2, 0.25) is 5.02 Å². The quantitative estimate of drug-likeness (QED) is 0.540. The number of aromatic nitrogens is 2. The molecule has 1 aromatic heterocycles. The van der Waals surface area contributed by atoms with Crippen LogP contribution in [-0.4, -0.2) is 22.0 Å². The Hall–Kier alpha value is -2.54. The Morgan fingerprint density at radius 2 is 1.90 bits per heavy atom. The number of H-pyrrole nitrogens is 1. The van der Waals surface area contributed by atoms with E-state index >= 15 is 0 Å². The second-order valence-electron chi connectivity index (χ2n) is 8.17. The van der Waals surface area contributed by atoms with Crippen molar-refractivity contribution in [3.63, 3.8) is 0 Å². The normalized spacial score (nSPS) is 17.5. The van der Waals surface area contributed by atoms with Crippen LogP contribution >= 0.6 is 11.6 Å². The van der Waals surface area contributed by atoms with E-state index in [4.69, 9.17) is 17.3 Å². The van der Waals surface area contributed by atoms with E-state index in [-0.39, 0.29) is 29.2 Å². The maximum atomic E-state index is 13.5. The smallest absolute Gasteiger partial charge is 0.330 e. The average Bonchev–Trinajstić information content (AvgIpc) is 3.53. The number of rotatable bonds is 10. The number of amides is 1. The van der Waals surface area contributed by atoms with E-state index in [1.165, 1.54) is 9.47 Å². The predicted molar refractivity (Wildman–Crippen MR) is 125 cm³/mol. The van der Waals surface area contributed by atoms with Gasteiger partial charge in [-0.05, 0) is 36.8 Å². The molecule has 8 heteroatoms. The molecule has 3 rings (SSSR count). The molecule has 0 saturated heterocycles. The molecule has 2 atom stereocenters. The molecule has 3 N–H and O–H groups in total. The number of nitrogens with one attached hydrogen (secondary N) is 1. The summed E-state index contributed by atoms with van der Waals surface area (Å²) in [7, 11) is 0. The number of anilines is 2. The molecule has 2 unspecified atom stereocenters. The molecule has 1 aromatic carbocycles. The summed E-state index contributed by atoms with van der Waals surface area (Å²) in [6, 6.07) is 7.53. The number of hydrogen-bond acceptors (Lipinski definition) is 4. The van der Waals surface area contributed by atoms with Gasteiger partial charge in [-0.1, -0.05) is 62.9 Å². The van der Waals surface area contributed by atoms with E-state index in [0.717, 1.165) is 37.7 Å². The van der Waals surface area contributed by atoms with Crippen molar-refractivity contribution in [3.05, 3.63) is 55.7 Å². The van der Waals surface area contributed by atoms with Crippen LogP contribution in [0.1, 0.15) is 63.9 Å². The number of carbonyl (C=O) groups excluding carboxylic acids is 1. The van der Waals surface area contributed by atoms with Gasteiger partial charge in [0.25, 0.3) is 5.56 Å². The van der Waals surface area contributed by atoms with Crippen LogP contribution in [0.15, 0.2) is 33.9 Å². The maximum absolute atomic E-state index is 13.5. The third-order valence-electron chi connectivity index (χ3n) is 5.88. The number of benzene rings is 1. The van der Waals surface area contributed by atoms with Crippen LogP contribution in [0.4, 0.5) is 11.5 Å². The highest BCUT2D eigenvalue weighted by Gasteiger charge is 2.47. The Kier molecular flexibility index (Phi) is 7.59. The molecule has 1 aliphatic carbocycles. The third-order valence-corrected chi connectivity index (χ3v) is 6.23. The van der Waals surface area contributed by atoms with Gasteiger partial charge in [0, 0.05) is 24.0 Å². The van der Waals surface area contributed by atoms with Gasteiger partial charge in [0.1, 0.15) is 5.82 Å². The van der Waals surface area contributed by atoms with E-state index in [1.807, 2.05) is 31.2 Å². The molecule has 1 fully saturated rings. The number of nitrogens with two attached hydrogens (primary N) is 1. The maximum Gasteiger partial charge on any atom is 0.330 e. The van der Waals surface area contributed by atoms with Gasteiger partial charge in [-0.3, -0.25) is 19.1 Å². The first-order valence-corrected chi connectivity index (χ1v) is 11.5. The van der Waals surface area contributed by atoms with Crippen LogP contribution in [0.5, 0.6) is 0 Å².